The molecule has 0 unspecified atom stereocenters. The van der Waals surface area contributed by atoms with Gasteiger partial charge in [-0.15, -0.1) is 11.3 Å². The molecule has 1 N–H and O–H groups in total. The maximum absolute atomic E-state index is 11.3. The predicted octanol–water partition coefficient (Wildman–Crippen LogP) is 4.56. The van der Waals surface area contributed by atoms with Crippen LogP contribution < -0.4 is 9.46 Å². The summed E-state index contributed by atoms with van der Waals surface area (Å²) in [4.78, 5) is 5.88. The third-order valence-corrected chi connectivity index (χ3v) is 5.30. The highest BCUT2D eigenvalue weighted by Gasteiger charge is 2.12. The zero-order valence-corrected chi connectivity index (χ0v) is 16.4. The van der Waals surface area contributed by atoms with E-state index in [0.717, 1.165) is 38.7 Å². The Morgan fingerprint density at radius 2 is 1.65 bits per heavy atom. The van der Waals surface area contributed by atoms with Crippen molar-refractivity contribution in [3.63, 3.8) is 0 Å². The molecule has 7 heteroatoms. The van der Waals surface area contributed by atoms with Crippen molar-refractivity contribution in [2.24, 2.45) is 0 Å². The summed E-state index contributed by atoms with van der Waals surface area (Å²) in [6, 6.07) is 15.1. The number of aromatic nitrogens is 1. The van der Waals surface area contributed by atoms with Crippen LogP contribution in [0.3, 0.4) is 0 Å². The standard InChI is InChI=1S/C19H20N2O3S2/c1-4-24-17-11-7-15(8-12-17)19-20-18(13(2)25-19)14-5-9-16(10-6-14)21-26(3,22)23/h5-12,21H,4H2,1-3H3. The van der Waals surface area contributed by atoms with Crippen LogP contribution in [0.25, 0.3) is 21.8 Å². The van der Waals surface area contributed by atoms with Crippen LogP contribution in [0, 0.1) is 6.92 Å². The molecule has 0 radical (unpaired) electrons. The number of sulfonamides is 1. The van der Waals surface area contributed by atoms with Crippen molar-refractivity contribution in [3.8, 4) is 27.6 Å². The summed E-state index contributed by atoms with van der Waals surface area (Å²) in [5.74, 6) is 0.846. The Bertz CT molecular complexity index is 992. The van der Waals surface area contributed by atoms with E-state index in [0.29, 0.717) is 12.3 Å². The Morgan fingerprint density at radius 3 is 2.23 bits per heavy atom. The first-order valence-corrected chi connectivity index (χ1v) is 10.9. The quantitative estimate of drug-likeness (QED) is 0.672. The van der Waals surface area contributed by atoms with Crippen molar-refractivity contribution in [3.05, 3.63) is 53.4 Å². The van der Waals surface area contributed by atoms with Crippen molar-refractivity contribution >= 4 is 27.0 Å². The molecule has 0 aliphatic rings. The molecule has 3 aromatic rings. The average molecular weight is 389 g/mol. The molecule has 0 saturated carbocycles. The molecule has 26 heavy (non-hydrogen) atoms. The maximum atomic E-state index is 11.3. The molecule has 1 aromatic heterocycles. The first kappa shape index (κ1) is 18.4. The van der Waals surface area contributed by atoms with Crippen molar-refractivity contribution in [2.75, 3.05) is 17.6 Å². The molecule has 0 aliphatic heterocycles. The molecule has 0 spiro atoms. The van der Waals surface area contributed by atoms with Gasteiger partial charge in [0.25, 0.3) is 0 Å². The second kappa shape index (κ2) is 7.47. The zero-order chi connectivity index (χ0) is 18.7. The highest BCUT2D eigenvalue weighted by molar-refractivity contribution is 7.92. The maximum Gasteiger partial charge on any atom is 0.229 e. The number of nitrogens with zero attached hydrogens (tertiary/aromatic N) is 1. The summed E-state index contributed by atoms with van der Waals surface area (Å²) in [5, 5.41) is 0.943. The molecule has 1 heterocycles. The van der Waals surface area contributed by atoms with E-state index in [1.54, 1.807) is 23.5 Å². The Hall–Kier alpha value is -2.38. The molecule has 5 nitrogen and oxygen atoms in total. The van der Waals surface area contributed by atoms with Crippen LogP contribution in [0.4, 0.5) is 5.69 Å². The van der Waals surface area contributed by atoms with Gasteiger partial charge in [-0.3, -0.25) is 4.72 Å². The third-order valence-electron chi connectivity index (χ3n) is 3.67. The molecular weight excluding hydrogens is 368 g/mol. The number of rotatable bonds is 6. The number of anilines is 1. The fraction of sp³-hybridized carbons (Fsp3) is 0.211. The molecule has 0 saturated heterocycles. The van der Waals surface area contributed by atoms with E-state index >= 15 is 0 Å². The van der Waals surface area contributed by atoms with Crippen molar-refractivity contribution in [2.45, 2.75) is 13.8 Å². The van der Waals surface area contributed by atoms with Gasteiger partial charge in [0.15, 0.2) is 0 Å². The minimum Gasteiger partial charge on any atom is -0.494 e. The fourth-order valence-electron chi connectivity index (χ4n) is 2.56. The van der Waals surface area contributed by atoms with E-state index in [-0.39, 0.29) is 0 Å². The Labute approximate surface area is 157 Å². The summed E-state index contributed by atoms with van der Waals surface area (Å²) in [6.45, 7) is 4.64. The highest BCUT2D eigenvalue weighted by Crippen LogP contribution is 2.34. The van der Waals surface area contributed by atoms with Gasteiger partial charge in [-0.1, -0.05) is 12.1 Å². The summed E-state index contributed by atoms with van der Waals surface area (Å²) in [5.41, 5.74) is 3.44. The second-order valence-corrected chi connectivity index (χ2v) is 8.78. The Kier molecular flexibility index (Phi) is 5.29. The number of ether oxygens (including phenoxy) is 1. The largest absolute Gasteiger partial charge is 0.494 e. The summed E-state index contributed by atoms with van der Waals surface area (Å²) in [7, 11) is -3.28. The van der Waals surface area contributed by atoms with Crippen LogP contribution in [0.5, 0.6) is 5.75 Å². The lowest BCUT2D eigenvalue weighted by atomic mass is 10.1. The monoisotopic (exact) mass is 388 g/mol. The Balaban J connectivity index is 1.86. The molecular formula is C19H20N2O3S2. The molecule has 136 valence electrons. The van der Waals surface area contributed by atoms with Gasteiger partial charge in [0, 0.05) is 21.7 Å². The van der Waals surface area contributed by atoms with Crippen molar-refractivity contribution < 1.29 is 13.2 Å². The van der Waals surface area contributed by atoms with Gasteiger partial charge in [-0.05, 0) is 50.2 Å². The second-order valence-electron chi connectivity index (χ2n) is 5.83. The van der Waals surface area contributed by atoms with Gasteiger partial charge in [0.2, 0.25) is 10.0 Å². The van der Waals surface area contributed by atoms with Gasteiger partial charge < -0.3 is 4.74 Å². The molecule has 0 aliphatic carbocycles. The molecule has 2 aromatic carbocycles. The normalized spacial score (nSPS) is 11.3. The summed E-state index contributed by atoms with van der Waals surface area (Å²) >= 11 is 1.63. The van der Waals surface area contributed by atoms with Crippen LogP contribution in [-0.4, -0.2) is 26.3 Å². The van der Waals surface area contributed by atoms with E-state index in [1.807, 2.05) is 50.2 Å². The molecule has 0 bridgehead atoms. The van der Waals surface area contributed by atoms with Crippen molar-refractivity contribution in [1.29, 1.82) is 0 Å². The number of thiazole rings is 1. The minimum absolute atomic E-state index is 0.538. The highest BCUT2D eigenvalue weighted by atomic mass is 32.2. The van der Waals surface area contributed by atoms with Gasteiger partial charge in [-0.25, -0.2) is 13.4 Å². The first-order chi connectivity index (χ1) is 12.4. The van der Waals surface area contributed by atoms with Crippen LogP contribution in [0.2, 0.25) is 0 Å². The van der Waals surface area contributed by atoms with Gasteiger partial charge in [0.1, 0.15) is 10.8 Å². The van der Waals surface area contributed by atoms with Crippen LogP contribution >= 0.6 is 11.3 Å². The first-order valence-electron chi connectivity index (χ1n) is 8.14. The fourth-order valence-corrected chi connectivity index (χ4v) is 4.06. The van der Waals surface area contributed by atoms with E-state index in [1.165, 1.54) is 0 Å². The SMILES string of the molecule is CCOc1ccc(-c2nc(-c3ccc(NS(C)(=O)=O)cc3)c(C)s2)cc1. The summed E-state index contributed by atoms with van der Waals surface area (Å²) in [6.07, 6.45) is 1.13. The molecule has 0 fully saturated rings. The van der Waals surface area contributed by atoms with E-state index in [4.69, 9.17) is 9.72 Å². The van der Waals surface area contributed by atoms with E-state index in [9.17, 15) is 8.42 Å². The van der Waals surface area contributed by atoms with Crippen LogP contribution in [0.1, 0.15) is 11.8 Å². The number of nitrogens with one attached hydrogen (secondary N) is 1. The average Bonchev–Trinajstić information content (AvgIpc) is 2.97. The van der Waals surface area contributed by atoms with Crippen molar-refractivity contribution in [1.82, 2.24) is 4.98 Å². The van der Waals surface area contributed by atoms with E-state index in [2.05, 4.69) is 4.72 Å². The van der Waals surface area contributed by atoms with Crippen LogP contribution in [-0.2, 0) is 10.0 Å². The zero-order valence-electron chi connectivity index (χ0n) is 14.8. The topological polar surface area (TPSA) is 68.3 Å². The molecule has 0 atom stereocenters. The number of benzene rings is 2. The lowest BCUT2D eigenvalue weighted by Gasteiger charge is -2.05. The number of hydrogen-bond donors (Lipinski definition) is 1. The number of aryl methyl sites for hydroxylation is 1. The molecule has 0 amide bonds. The van der Waals surface area contributed by atoms with Gasteiger partial charge in [0.05, 0.1) is 18.6 Å². The Morgan fingerprint density at radius 1 is 1.04 bits per heavy atom. The van der Waals surface area contributed by atoms with Gasteiger partial charge in [-0.2, -0.15) is 0 Å². The minimum atomic E-state index is -3.28. The predicted molar refractivity (Wildman–Crippen MR) is 107 cm³/mol. The van der Waals surface area contributed by atoms with E-state index < -0.39 is 10.0 Å². The lowest BCUT2D eigenvalue weighted by Crippen LogP contribution is -2.09. The number of hydrogen-bond acceptors (Lipinski definition) is 5. The summed E-state index contributed by atoms with van der Waals surface area (Å²) < 4.78 is 30.5. The molecule has 3 rings (SSSR count). The lowest BCUT2D eigenvalue weighted by molar-refractivity contribution is 0.340. The van der Waals surface area contributed by atoms with Gasteiger partial charge >= 0.3 is 0 Å². The smallest absolute Gasteiger partial charge is 0.229 e. The third kappa shape index (κ3) is 4.42. The van der Waals surface area contributed by atoms with Crippen LogP contribution in [0.15, 0.2) is 48.5 Å².